The van der Waals surface area contributed by atoms with E-state index >= 15 is 0 Å². The molecule has 0 aliphatic carbocycles. The fraction of sp³-hybridized carbons (Fsp3) is 0.154. The predicted molar refractivity (Wildman–Crippen MR) is 130 cm³/mol. The maximum absolute atomic E-state index is 12.6. The molecule has 0 amide bonds. The number of halogens is 2. The van der Waals surface area contributed by atoms with Gasteiger partial charge in [-0.3, -0.25) is 0 Å². The van der Waals surface area contributed by atoms with Gasteiger partial charge in [0.1, 0.15) is 12.2 Å². The molecule has 0 aromatic heterocycles. The summed E-state index contributed by atoms with van der Waals surface area (Å²) in [5.41, 5.74) is 1.71. The second-order valence-corrected chi connectivity index (χ2v) is 8.52. The Morgan fingerprint density at radius 2 is 1.65 bits per heavy atom. The predicted octanol–water partition coefficient (Wildman–Crippen LogP) is 6.26. The molecule has 174 valence electrons. The highest BCUT2D eigenvalue weighted by Crippen LogP contribution is 2.39. The molecule has 0 N–H and O–H groups in total. The zero-order valence-corrected chi connectivity index (χ0v) is 20.5. The van der Waals surface area contributed by atoms with Crippen LogP contribution in [0.15, 0.2) is 76.8 Å². The SMILES string of the molecule is CCOc1cc(C=C2C(=O)OC(c3ccccc3)OC2=O)cc(Br)c1OCc1ccccc1Cl. The first-order valence-corrected chi connectivity index (χ1v) is 11.6. The average Bonchev–Trinajstić information content (AvgIpc) is 2.82. The molecule has 1 aliphatic rings. The number of benzene rings is 3. The molecule has 3 aromatic carbocycles. The maximum atomic E-state index is 12.6. The number of ether oxygens (including phenoxy) is 4. The monoisotopic (exact) mass is 542 g/mol. The summed E-state index contributed by atoms with van der Waals surface area (Å²) >= 11 is 9.72. The lowest BCUT2D eigenvalue weighted by Gasteiger charge is -2.24. The number of carbonyl (C=O) groups is 2. The molecular formula is C26H20BrClO6. The van der Waals surface area contributed by atoms with Crippen molar-refractivity contribution in [3.05, 3.63) is 98.5 Å². The zero-order valence-electron chi connectivity index (χ0n) is 18.1. The Labute approximate surface area is 210 Å². The number of carbonyl (C=O) groups excluding carboxylic acids is 2. The first-order valence-electron chi connectivity index (χ1n) is 10.5. The van der Waals surface area contributed by atoms with Crippen molar-refractivity contribution in [3.8, 4) is 11.5 Å². The van der Waals surface area contributed by atoms with Gasteiger partial charge in [0, 0.05) is 16.1 Å². The van der Waals surface area contributed by atoms with Crippen LogP contribution in [0.25, 0.3) is 6.08 Å². The van der Waals surface area contributed by atoms with Gasteiger partial charge in [-0.2, -0.15) is 0 Å². The van der Waals surface area contributed by atoms with Crippen LogP contribution in [0.3, 0.4) is 0 Å². The summed E-state index contributed by atoms with van der Waals surface area (Å²) in [6, 6.07) is 19.6. The van der Waals surface area contributed by atoms with Gasteiger partial charge in [0.25, 0.3) is 6.29 Å². The van der Waals surface area contributed by atoms with Crippen LogP contribution in [0.5, 0.6) is 11.5 Å². The van der Waals surface area contributed by atoms with Crippen molar-refractivity contribution in [3.63, 3.8) is 0 Å². The van der Waals surface area contributed by atoms with Gasteiger partial charge in [0.15, 0.2) is 11.5 Å². The van der Waals surface area contributed by atoms with Crippen LogP contribution in [0, 0.1) is 0 Å². The smallest absolute Gasteiger partial charge is 0.348 e. The van der Waals surface area contributed by atoms with Crippen molar-refractivity contribution in [1.82, 2.24) is 0 Å². The summed E-state index contributed by atoms with van der Waals surface area (Å²) in [6.07, 6.45) is 0.321. The molecule has 4 rings (SSSR count). The van der Waals surface area contributed by atoms with Crippen LogP contribution < -0.4 is 9.47 Å². The standard InChI is InChI=1S/C26H20BrClO6/c1-2-31-22-14-16(13-20(27)23(22)32-15-18-10-6-7-11-21(18)28)12-19-24(29)33-26(34-25(19)30)17-8-4-3-5-9-17/h3-14,26H,2,15H2,1H3. The van der Waals surface area contributed by atoms with Crippen LogP contribution >= 0.6 is 27.5 Å². The van der Waals surface area contributed by atoms with Crippen LogP contribution in [0.2, 0.25) is 5.02 Å². The number of hydrogen-bond acceptors (Lipinski definition) is 6. The van der Waals surface area contributed by atoms with E-state index in [0.717, 1.165) is 5.56 Å². The van der Waals surface area contributed by atoms with Gasteiger partial charge in [-0.1, -0.05) is 60.1 Å². The molecule has 0 atom stereocenters. The zero-order chi connectivity index (χ0) is 24.1. The second kappa shape index (κ2) is 10.8. The quantitative estimate of drug-likeness (QED) is 0.199. The highest BCUT2D eigenvalue weighted by Gasteiger charge is 2.34. The summed E-state index contributed by atoms with van der Waals surface area (Å²) in [5, 5.41) is 0.598. The van der Waals surface area contributed by atoms with Gasteiger partial charge in [-0.05, 0) is 52.7 Å². The van der Waals surface area contributed by atoms with E-state index in [9.17, 15) is 9.59 Å². The molecule has 0 bridgehead atoms. The molecule has 1 heterocycles. The first-order chi connectivity index (χ1) is 16.5. The van der Waals surface area contributed by atoms with Gasteiger partial charge in [0.2, 0.25) is 0 Å². The molecule has 6 nitrogen and oxygen atoms in total. The van der Waals surface area contributed by atoms with E-state index in [-0.39, 0.29) is 12.2 Å². The van der Waals surface area contributed by atoms with Crippen molar-refractivity contribution < 1.29 is 28.5 Å². The Kier molecular flexibility index (Phi) is 7.55. The molecule has 3 aromatic rings. The summed E-state index contributed by atoms with van der Waals surface area (Å²) < 4.78 is 23.0. The third-order valence-corrected chi connectivity index (χ3v) is 5.87. The molecule has 34 heavy (non-hydrogen) atoms. The molecule has 1 aliphatic heterocycles. The van der Waals surface area contributed by atoms with E-state index < -0.39 is 18.2 Å². The van der Waals surface area contributed by atoms with E-state index in [1.54, 1.807) is 42.5 Å². The first kappa shape index (κ1) is 23.9. The Morgan fingerprint density at radius 1 is 0.971 bits per heavy atom. The van der Waals surface area contributed by atoms with Gasteiger partial charge < -0.3 is 18.9 Å². The Balaban J connectivity index is 1.58. The molecule has 8 heteroatoms. The van der Waals surface area contributed by atoms with E-state index in [2.05, 4.69) is 15.9 Å². The third kappa shape index (κ3) is 5.43. The average molecular weight is 544 g/mol. The number of rotatable bonds is 7. The molecule has 0 saturated carbocycles. The van der Waals surface area contributed by atoms with Crippen LogP contribution in [-0.4, -0.2) is 18.5 Å². The number of cyclic esters (lactones) is 2. The van der Waals surface area contributed by atoms with Gasteiger partial charge in [-0.15, -0.1) is 0 Å². The molecular weight excluding hydrogens is 524 g/mol. The second-order valence-electron chi connectivity index (χ2n) is 7.25. The minimum atomic E-state index is -1.08. The molecule has 0 spiro atoms. The van der Waals surface area contributed by atoms with E-state index in [1.165, 1.54) is 6.08 Å². The summed E-state index contributed by atoms with van der Waals surface area (Å²) in [4.78, 5) is 25.2. The fourth-order valence-electron chi connectivity index (χ4n) is 3.30. The number of hydrogen-bond donors (Lipinski definition) is 0. The van der Waals surface area contributed by atoms with Crippen molar-refractivity contribution >= 4 is 45.5 Å². The highest BCUT2D eigenvalue weighted by molar-refractivity contribution is 9.10. The number of esters is 2. The lowest BCUT2D eigenvalue weighted by Crippen LogP contribution is -2.29. The largest absolute Gasteiger partial charge is 0.490 e. The van der Waals surface area contributed by atoms with Gasteiger partial charge >= 0.3 is 11.9 Å². The lowest BCUT2D eigenvalue weighted by atomic mass is 10.1. The summed E-state index contributed by atoms with van der Waals surface area (Å²) in [7, 11) is 0. The summed E-state index contributed by atoms with van der Waals surface area (Å²) in [6.45, 7) is 2.46. The van der Waals surface area contributed by atoms with E-state index in [4.69, 9.17) is 30.5 Å². The maximum Gasteiger partial charge on any atom is 0.348 e. The van der Waals surface area contributed by atoms with Crippen LogP contribution in [0.4, 0.5) is 0 Å². The molecule has 0 unspecified atom stereocenters. The fourth-order valence-corrected chi connectivity index (χ4v) is 4.06. The van der Waals surface area contributed by atoms with E-state index in [1.807, 2.05) is 31.2 Å². The minimum Gasteiger partial charge on any atom is -0.490 e. The van der Waals surface area contributed by atoms with Gasteiger partial charge in [-0.25, -0.2) is 9.59 Å². The molecule has 0 radical (unpaired) electrons. The normalized spacial score (nSPS) is 15.4. The van der Waals surface area contributed by atoms with Crippen molar-refractivity contribution in [2.75, 3.05) is 6.61 Å². The van der Waals surface area contributed by atoms with Crippen LogP contribution in [0.1, 0.15) is 29.9 Å². The minimum absolute atomic E-state index is 0.216. The Morgan fingerprint density at radius 3 is 2.32 bits per heavy atom. The van der Waals surface area contributed by atoms with E-state index in [0.29, 0.717) is 38.7 Å². The highest BCUT2D eigenvalue weighted by atomic mass is 79.9. The van der Waals surface area contributed by atoms with Crippen molar-refractivity contribution in [1.29, 1.82) is 0 Å². The van der Waals surface area contributed by atoms with Crippen molar-refractivity contribution in [2.24, 2.45) is 0 Å². The third-order valence-electron chi connectivity index (χ3n) is 4.91. The Hall–Kier alpha value is -3.29. The molecule has 1 saturated heterocycles. The molecule has 1 fully saturated rings. The Bertz CT molecular complexity index is 1220. The topological polar surface area (TPSA) is 71.1 Å². The lowest BCUT2D eigenvalue weighted by molar-refractivity contribution is -0.195. The van der Waals surface area contributed by atoms with Gasteiger partial charge in [0.05, 0.1) is 11.1 Å². The van der Waals surface area contributed by atoms with Crippen molar-refractivity contribution in [2.45, 2.75) is 19.8 Å². The summed E-state index contributed by atoms with van der Waals surface area (Å²) in [5.74, 6) is -0.617. The van der Waals surface area contributed by atoms with Crippen LogP contribution in [-0.2, 0) is 25.7 Å².